The minimum atomic E-state index is -1.67. The van der Waals surface area contributed by atoms with E-state index < -0.39 is 145 Å². The van der Waals surface area contributed by atoms with E-state index in [1.165, 1.54) is 7.11 Å². The summed E-state index contributed by atoms with van der Waals surface area (Å²) in [6.45, 7) is 15.7. The van der Waals surface area contributed by atoms with Crippen molar-refractivity contribution in [1.82, 2.24) is 0 Å². The lowest BCUT2D eigenvalue weighted by Crippen LogP contribution is -2.70. The van der Waals surface area contributed by atoms with Gasteiger partial charge in [-0.05, 0) is 105 Å². The number of allylic oxidation sites excluding steroid dienone is 2. The van der Waals surface area contributed by atoms with Gasteiger partial charge in [0.1, 0.15) is 78.0 Å². The minimum Gasteiger partial charge on any atom is -0.455 e. The molecule has 0 amide bonds. The molecule has 4 saturated carbocycles. The molecule has 5 N–H and O–H groups in total. The Labute approximate surface area is 410 Å². The number of carbonyl (C=O) groups is 3. The summed E-state index contributed by atoms with van der Waals surface area (Å²) >= 11 is 0. The Morgan fingerprint density at radius 1 is 0.686 bits per heavy atom. The third-order valence-electron chi connectivity index (χ3n) is 18.4. The molecule has 4 aliphatic heterocycles. The van der Waals surface area contributed by atoms with Gasteiger partial charge < -0.3 is 77.6 Å². The molecule has 24 atom stereocenters. The standard InChI is InChI=1S/C51H78O19/c1-12-23(3)44(58)66-41-42-48(8)17-15-29(20-28(48)14-18-50(42)51(70-50)19-16-30(25(5)53)49(51,9)43(41)69-45(59)24(4)13-2)64-33-21-31(60-10)38(26(6)62-33)67-47-37(57)40(61-11)39(27(7)63-47)68-46-36(56)35(55)34(54)32(22-52)65-46/h12-13,26-43,46-47,52,54-57H,14-22H2,1-11H3/b23-12+,24-13+/t26-,27-,28+,29+,30+,31-,32-,33+,34-,35+,36-,37-,38-,39-,40+,41+,42-,43-,46+,47+,48+,49+,50+,51-/m1/s1. The smallest absolute Gasteiger partial charge is 0.333 e. The first-order valence-corrected chi connectivity index (χ1v) is 25.3. The first kappa shape index (κ1) is 53.8. The van der Waals surface area contributed by atoms with E-state index in [2.05, 4.69) is 6.92 Å². The second-order valence-corrected chi connectivity index (χ2v) is 21.8. The third kappa shape index (κ3) is 8.66. The fourth-order valence-electron chi connectivity index (χ4n) is 14.3. The largest absolute Gasteiger partial charge is 0.455 e. The first-order valence-electron chi connectivity index (χ1n) is 25.3. The molecule has 0 aromatic heterocycles. The van der Waals surface area contributed by atoms with Crippen LogP contribution in [0, 0.1) is 28.6 Å². The van der Waals surface area contributed by atoms with Crippen molar-refractivity contribution in [2.24, 2.45) is 28.6 Å². The van der Waals surface area contributed by atoms with Gasteiger partial charge in [0, 0.05) is 49.0 Å². The van der Waals surface area contributed by atoms with Crippen LogP contribution in [0.1, 0.15) is 114 Å². The molecule has 4 aliphatic carbocycles. The zero-order chi connectivity index (χ0) is 51.0. The second-order valence-electron chi connectivity index (χ2n) is 21.8. The average Bonchev–Trinajstić information content (AvgIpc) is 3.88. The molecule has 4 saturated heterocycles. The number of carbonyl (C=O) groups excluding carboxylic acids is 3. The summed E-state index contributed by atoms with van der Waals surface area (Å²) in [5, 5.41) is 52.4. The van der Waals surface area contributed by atoms with Crippen LogP contribution in [0.4, 0.5) is 0 Å². The van der Waals surface area contributed by atoms with Crippen LogP contribution in [0.15, 0.2) is 23.3 Å². The van der Waals surface area contributed by atoms with E-state index in [9.17, 15) is 39.9 Å². The molecule has 0 unspecified atom stereocenters. The molecular weight excluding hydrogens is 917 g/mol. The van der Waals surface area contributed by atoms with Crippen molar-refractivity contribution in [2.75, 3.05) is 20.8 Å². The maximum Gasteiger partial charge on any atom is 0.333 e. The van der Waals surface area contributed by atoms with E-state index in [1.807, 2.05) is 13.8 Å². The van der Waals surface area contributed by atoms with Gasteiger partial charge in [0.2, 0.25) is 0 Å². The number of hydrogen-bond donors (Lipinski definition) is 5. The molecule has 70 heavy (non-hydrogen) atoms. The monoisotopic (exact) mass is 995 g/mol. The van der Waals surface area contributed by atoms with Gasteiger partial charge in [-0.3, -0.25) is 4.79 Å². The summed E-state index contributed by atoms with van der Waals surface area (Å²) in [5.41, 5.74) is -1.94. The number of aliphatic hydroxyl groups is 5. The summed E-state index contributed by atoms with van der Waals surface area (Å²) in [6.07, 6.45) is -9.15. The summed E-state index contributed by atoms with van der Waals surface area (Å²) in [4.78, 5) is 41.3. The highest BCUT2D eigenvalue weighted by atomic mass is 16.8. The highest BCUT2D eigenvalue weighted by molar-refractivity contribution is 5.89. The fraction of sp³-hybridized carbons (Fsp3) is 0.863. The average molecular weight is 995 g/mol. The topological polar surface area (TPSA) is 257 Å². The molecule has 2 spiro atoms. The molecule has 0 aromatic carbocycles. The van der Waals surface area contributed by atoms with Crippen molar-refractivity contribution in [3.05, 3.63) is 23.3 Å². The lowest BCUT2D eigenvalue weighted by atomic mass is 9.43. The van der Waals surface area contributed by atoms with Crippen LogP contribution in [0.25, 0.3) is 0 Å². The van der Waals surface area contributed by atoms with Gasteiger partial charge in [0.25, 0.3) is 0 Å². The van der Waals surface area contributed by atoms with Crippen LogP contribution >= 0.6 is 0 Å². The predicted octanol–water partition coefficient (Wildman–Crippen LogP) is 2.71. The van der Waals surface area contributed by atoms with Gasteiger partial charge in [-0.15, -0.1) is 0 Å². The van der Waals surface area contributed by atoms with E-state index in [4.69, 9.17) is 52.1 Å². The first-order chi connectivity index (χ1) is 33.1. The van der Waals surface area contributed by atoms with Crippen LogP contribution in [0.5, 0.6) is 0 Å². The number of rotatable bonds is 14. The van der Waals surface area contributed by atoms with Crippen molar-refractivity contribution in [1.29, 1.82) is 0 Å². The molecule has 19 heteroatoms. The van der Waals surface area contributed by atoms with E-state index in [0.717, 1.165) is 6.42 Å². The minimum absolute atomic E-state index is 0.00192. The predicted molar refractivity (Wildman–Crippen MR) is 244 cm³/mol. The Morgan fingerprint density at radius 3 is 1.96 bits per heavy atom. The number of epoxide rings is 1. The quantitative estimate of drug-likeness (QED) is 0.0726. The van der Waals surface area contributed by atoms with E-state index in [1.54, 1.807) is 60.8 Å². The zero-order valence-electron chi connectivity index (χ0n) is 42.5. The van der Waals surface area contributed by atoms with Crippen molar-refractivity contribution in [3.63, 3.8) is 0 Å². The van der Waals surface area contributed by atoms with Crippen molar-refractivity contribution >= 4 is 17.7 Å². The van der Waals surface area contributed by atoms with Crippen LogP contribution in [0.3, 0.4) is 0 Å². The Bertz CT molecular complexity index is 1990. The second kappa shape index (κ2) is 20.3. The highest BCUT2D eigenvalue weighted by Crippen LogP contribution is 2.81. The molecule has 4 heterocycles. The summed E-state index contributed by atoms with van der Waals surface area (Å²) in [7, 11) is 2.94. The molecule has 19 nitrogen and oxygen atoms in total. The number of esters is 2. The highest BCUT2D eigenvalue weighted by Gasteiger charge is 2.91. The molecule has 8 fully saturated rings. The van der Waals surface area contributed by atoms with Gasteiger partial charge in [-0.25, -0.2) is 9.59 Å². The van der Waals surface area contributed by atoms with Crippen molar-refractivity contribution in [2.45, 2.75) is 229 Å². The number of ketones is 1. The number of Topliss-reactive ketones (excluding diaryl/α,β-unsaturated/α-hetero) is 1. The SMILES string of the molecule is C/C=C(\C)C(=O)O[C@@H]1[C@@H](OC(=O)/C(C)=C/C)[C@]2(C)[C@H](C(C)=O)CC[C@@]23O[C@]32CC[C@H]3C[C@@H](O[C@H]4C[C@@H](OC)[C@H](O[C@@H]5O[C@H](C)[C@@H](O[C@@H]6O[C@H](CO)[C@@H](O)[C@H](O)[C@H]6O)[C@@H](OC)[C@H]5O)[C@@H](C)O4)CC[C@]3(C)[C@@H]12. The van der Waals surface area contributed by atoms with Gasteiger partial charge in [-0.1, -0.05) is 26.0 Å². The lowest BCUT2D eigenvalue weighted by Gasteiger charge is -2.61. The molecule has 0 aromatic rings. The Morgan fingerprint density at radius 2 is 1.33 bits per heavy atom. The summed E-state index contributed by atoms with van der Waals surface area (Å²) in [5.74, 6) is -1.70. The van der Waals surface area contributed by atoms with Crippen molar-refractivity contribution in [3.8, 4) is 0 Å². The van der Waals surface area contributed by atoms with Gasteiger partial charge in [0.05, 0.1) is 31.0 Å². The number of methoxy groups -OCH3 is 2. The maximum absolute atomic E-state index is 13.9. The van der Waals surface area contributed by atoms with Crippen LogP contribution < -0.4 is 0 Å². The van der Waals surface area contributed by atoms with Gasteiger partial charge >= 0.3 is 11.9 Å². The molecule has 0 bridgehead atoms. The fourth-order valence-corrected chi connectivity index (χ4v) is 14.3. The molecule has 8 aliphatic rings. The van der Waals surface area contributed by atoms with E-state index in [-0.39, 0.29) is 23.7 Å². The molecule has 396 valence electrons. The van der Waals surface area contributed by atoms with Crippen LogP contribution in [0.2, 0.25) is 0 Å². The van der Waals surface area contributed by atoms with Gasteiger partial charge in [0.15, 0.2) is 18.9 Å². The van der Waals surface area contributed by atoms with E-state index >= 15 is 0 Å². The zero-order valence-corrected chi connectivity index (χ0v) is 42.5. The van der Waals surface area contributed by atoms with Gasteiger partial charge in [-0.2, -0.15) is 0 Å². The third-order valence-corrected chi connectivity index (χ3v) is 18.4. The molecule has 8 rings (SSSR count). The number of ether oxygens (including phenoxy) is 11. The summed E-state index contributed by atoms with van der Waals surface area (Å²) < 4.78 is 69.5. The van der Waals surface area contributed by atoms with E-state index in [0.29, 0.717) is 56.1 Å². The summed E-state index contributed by atoms with van der Waals surface area (Å²) in [6, 6.07) is 0. The maximum atomic E-state index is 13.9. The molecule has 0 radical (unpaired) electrons. The number of hydrogen-bond acceptors (Lipinski definition) is 19. The Kier molecular flexibility index (Phi) is 15.6. The normalized spacial score (nSPS) is 50.2. The Balaban J connectivity index is 0.962. The number of fused-ring (bicyclic) bond motifs is 2. The molecular formula is C51H78O19. The lowest BCUT2D eigenvalue weighted by molar-refractivity contribution is -0.371. The van der Waals surface area contributed by atoms with Crippen LogP contribution in [-0.4, -0.2) is 180 Å². The Hall–Kier alpha value is -2.47. The number of aliphatic hydroxyl groups excluding tert-OH is 5. The van der Waals surface area contributed by atoms with Crippen molar-refractivity contribution < 1.29 is 92.0 Å². The van der Waals surface area contributed by atoms with Crippen LogP contribution in [-0.2, 0) is 66.5 Å².